The summed E-state index contributed by atoms with van der Waals surface area (Å²) in [5.74, 6) is 0.727. The van der Waals surface area contributed by atoms with Crippen LogP contribution in [0.1, 0.15) is 37.5 Å². The quantitative estimate of drug-likeness (QED) is 0.568. The molecule has 2 aromatic carbocycles. The highest BCUT2D eigenvalue weighted by atomic mass is 32.2. The summed E-state index contributed by atoms with van der Waals surface area (Å²) in [6, 6.07) is 12.3. The number of hydrogen-bond donors (Lipinski definition) is 1. The molecule has 1 aromatic heterocycles. The molecule has 0 radical (unpaired) electrons. The summed E-state index contributed by atoms with van der Waals surface area (Å²) in [6.07, 6.45) is 7.90. The van der Waals surface area contributed by atoms with E-state index < -0.39 is 10.0 Å². The molecule has 0 spiro atoms. The van der Waals surface area contributed by atoms with Crippen molar-refractivity contribution in [2.24, 2.45) is 0 Å². The Bertz CT molecular complexity index is 1300. The van der Waals surface area contributed by atoms with E-state index in [0.717, 1.165) is 28.7 Å². The van der Waals surface area contributed by atoms with Crippen LogP contribution in [0.15, 0.2) is 59.8 Å². The van der Waals surface area contributed by atoms with E-state index >= 15 is 0 Å². The first-order valence-electron chi connectivity index (χ1n) is 9.99. The molecular weight excluding hydrogens is 426 g/mol. The Morgan fingerprint density at radius 2 is 1.75 bits per heavy atom. The number of ether oxygens (including phenoxy) is 1. The molecule has 0 amide bonds. The maximum absolute atomic E-state index is 12.4. The fraction of sp³-hybridized carbons (Fsp3) is 0.250. The predicted octanol–water partition coefficient (Wildman–Crippen LogP) is 4.08. The van der Waals surface area contributed by atoms with Gasteiger partial charge in [-0.2, -0.15) is 0 Å². The number of sulfonamides is 1. The van der Waals surface area contributed by atoms with Gasteiger partial charge in [0.15, 0.2) is 0 Å². The molecular formula is C24H27N3O4S. The van der Waals surface area contributed by atoms with Crippen LogP contribution >= 0.6 is 0 Å². The van der Waals surface area contributed by atoms with Crippen molar-refractivity contribution < 1.29 is 13.2 Å². The largest absolute Gasteiger partial charge is 0.496 e. The maximum atomic E-state index is 12.4. The van der Waals surface area contributed by atoms with Crippen molar-refractivity contribution >= 4 is 27.9 Å². The maximum Gasteiger partial charge on any atom is 0.257 e. The molecule has 0 aliphatic rings. The van der Waals surface area contributed by atoms with Crippen LogP contribution in [0.25, 0.3) is 17.8 Å². The second-order valence-corrected chi connectivity index (χ2v) is 10.2. The molecule has 1 N–H and O–H groups in total. The van der Waals surface area contributed by atoms with Crippen LogP contribution in [0.2, 0.25) is 0 Å². The highest BCUT2D eigenvalue weighted by Crippen LogP contribution is 2.37. The normalized spacial score (nSPS) is 12.2. The van der Waals surface area contributed by atoms with E-state index in [1.807, 2.05) is 36.4 Å². The molecule has 3 aromatic rings. The minimum Gasteiger partial charge on any atom is -0.496 e. The van der Waals surface area contributed by atoms with Crippen molar-refractivity contribution in [1.29, 1.82) is 0 Å². The third kappa shape index (κ3) is 5.64. The van der Waals surface area contributed by atoms with Crippen molar-refractivity contribution in [2.75, 3.05) is 18.1 Å². The number of methoxy groups -OCH3 is 1. The molecule has 0 fully saturated rings. The number of aromatic nitrogens is 2. The molecule has 3 rings (SSSR count). The second-order valence-electron chi connectivity index (χ2n) is 8.48. The van der Waals surface area contributed by atoms with Gasteiger partial charge in [0.1, 0.15) is 12.1 Å². The molecule has 0 saturated heterocycles. The molecule has 0 aliphatic carbocycles. The Labute approximate surface area is 188 Å². The van der Waals surface area contributed by atoms with Crippen molar-refractivity contribution in [1.82, 2.24) is 9.55 Å². The van der Waals surface area contributed by atoms with Crippen LogP contribution in [0, 0.1) is 0 Å². The van der Waals surface area contributed by atoms with Gasteiger partial charge in [-0.15, -0.1) is 0 Å². The Kier molecular flexibility index (Phi) is 6.55. The zero-order valence-electron chi connectivity index (χ0n) is 18.8. The SMILES string of the molecule is COc1c(C=Cc2ccc(NS(C)(=O)=O)cc2)cc(-n2cnccc2=O)cc1C(C)(C)C. The highest BCUT2D eigenvalue weighted by molar-refractivity contribution is 7.92. The summed E-state index contributed by atoms with van der Waals surface area (Å²) in [7, 11) is -1.70. The van der Waals surface area contributed by atoms with Gasteiger partial charge >= 0.3 is 0 Å². The lowest BCUT2D eigenvalue weighted by Crippen LogP contribution is -2.19. The van der Waals surface area contributed by atoms with Crippen LogP contribution in [-0.4, -0.2) is 31.3 Å². The molecule has 0 bridgehead atoms. The predicted molar refractivity (Wildman–Crippen MR) is 129 cm³/mol. The Morgan fingerprint density at radius 1 is 1.06 bits per heavy atom. The summed E-state index contributed by atoms with van der Waals surface area (Å²) in [5, 5.41) is 0. The number of nitrogens with zero attached hydrogens (tertiary/aromatic N) is 2. The molecule has 0 saturated carbocycles. The summed E-state index contributed by atoms with van der Waals surface area (Å²) >= 11 is 0. The van der Waals surface area contributed by atoms with Crippen LogP contribution in [0.5, 0.6) is 5.75 Å². The molecule has 0 atom stereocenters. The van der Waals surface area contributed by atoms with Gasteiger partial charge < -0.3 is 4.74 Å². The van der Waals surface area contributed by atoms with E-state index in [0.29, 0.717) is 11.4 Å². The van der Waals surface area contributed by atoms with Crippen LogP contribution < -0.4 is 15.0 Å². The zero-order chi connectivity index (χ0) is 23.5. The first-order valence-corrected chi connectivity index (χ1v) is 11.9. The molecule has 1 heterocycles. The fourth-order valence-electron chi connectivity index (χ4n) is 3.29. The minimum absolute atomic E-state index is 0.172. The van der Waals surface area contributed by atoms with Crippen molar-refractivity contribution in [3.05, 3.63) is 82.0 Å². The first-order chi connectivity index (χ1) is 15.0. The van der Waals surface area contributed by atoms with Crippen molar-refractivity contribution in [3.8, 4) is 11.4 Å². The molecule has 0 aliphatic heterocycles. The molecule has 32 heavy (non-hydrogen) atoms. The summed E-state index contributed by atoms with van der Waals surface area (Å²) in [4.78, 5) is 16.5. The Hall–Kier alpha value is -3.39. The Balaban J connectivity index is 2.07. The van der Waals surface area contributed by atoms with E-state index in [9.17, 15) is 13.2 Å². The lowest BCUT2D eigenvalue weighted by atomic mass is 9.84. The van der Waals surface area contributed by atoms with Crippen LogP contribution in [-0.2, 0) is 15.4 Å². The number of benzene rings is 2. The van der Waals surface area contributed by atoms with Gasteiger partial charge in [-0.1, -0.05) is 45.1 Å². The molecule has 168 valence electrons. The summed E-state index contributed by atoms with van der Waals surface area (Å²) < 4.78 is 32.5. The highest BCUT2D eigenvalue weighted by Gasteiger charge is 2.22. The number of rotatable bonds is 6. The lowest BCUT2D eigenvalue weighted by molar-refractivity contribution is 0.396. The van der Waals surface area contributed by atoms with Gasteiger partial charge in [0.05, 0.1) is 19.1 Å². The van der Waals surface area contributed by atoms with Gasteiger partial charge in [-0.25, -0.2) is 13.4 Å². The van der Waals surface area contributed by atoms with Crippen molar-refractivity contribution in [2.45, 2.75) is 26.2 Å². The average molecular weight is 454 g/mol. The van der Waals surface area contributed by atoms with Crippen molar-refractivity contribution in [3.63, 3.8) is 0 Å². The topological polar surface area (TPSA) is 90.3 Å². The van der Waals surface area contributed by atoms with Gasteiger partial charge in [0.25, 0.3) is 5.56 Å². The zero-order valence-corrected chi connectivity index (χ0v) is 19.6. The number of hydrogen-bond acceptors (Lipinski definition) is 5. The molecule has 8 heteroatoms. The van der Waals surface area contributed by atoms with Gasteiger partial charge in [0, 0.05) is 29.1 Å². The average Bonchev–Trinajstić information content (AvgIpc) is 2.71. The van der Waals surface area contributed by atoms with Gasteiger partial charge in [0.2, 0.25) is 10.0 Å². The Morgan fingerprint density at radius 3 is 2.31 bits per heavy atom. The van der Waals surface area contributed by atoms with Gasteiger partial charge in [-0.3, -0.25) is 14.1 Å². The minimum atomic E-state index is -3.33. The summed E-state index contributed by atoms with van der Waals surface area (Å²) in [5.41, 5.74) is 3.44. The number of nitrogens with one attached hydrogen (secondary N) is 1. The van der Waals surface area contributed by atoms with E-state index in [2.05, 4.69) is 30.5 Å². The van der Waals surface area contributed by atoms with Gasteiger partial charge in [-0.05, 0) is 35.2 Å². The second kappa shape index (κ2) is 9.00. The standard InChI is InChI=1S/C24H27N3O4S/c1-24(2,3)21-15-20(27-16-25-13-12-22(27)28)14-18(23(21)31-4)9-6-17-7-10-19(11-8-17)26-32(5,29)30/h6-16,26H,1-5H3. The third-order valence-electron chi connectivity index (χ3n) is 4.78. The van der Waals surface area contributed by atoms with E-state index in [1.165, 1.54) is 23.2 Å². The molecule has 7 nitrogen and oxygen atoms in total. The van der Waals surface area contributed by atoms with E-state index in [4.69, 9.17) is 4.74 Å². The monoisotopic (exact) mass is 453 g/mol. The molecule has 0 unspecified atom stereocenters. The van der Waals surface area contributed by atoms with E-state index in [-0.39, 0.29) is 11.0 Å². The number of anilines is 1. The van der Waals surface area contributed by atoms with Crippen LogP contribution in [0.4, 0.5) is 5.69 Å². The first kappa shape index (κ1) is 23.3. The third-order valence-corrected chi connectivity index (χ3v) is 5.39. The fourth-order valence-corrected chi connectivity index (χ4v) is 3.85. The lowest BCUT2D eigenvalue weighted by Gasteiger charge is -2.25. The van der Waals surface area contributed by atoms with Crippen LogP contribution in [0.3, 0.4) is 0 Å². The van der Waals surface area contributed by atoms with E-state index in [1.54, 1.807) is 19.2 Å². The summed E-state index contributed by atoms with van der Waals surface area (Å²) in [6.45, 7) is 6.25. The smallest absolute Gasteiger partial charge is 0.257 e.